The minimum atomic E-state index is -0.953. The molecular formula is C25H18FNO5. The van der Waals surface area contributed by atoms with Gasteiger partial charge in [-0.3, -0.25) is 14.5 Å². The normalized spacial score (nSPS) is 19.2. The summed E-state index contributed by atoms with van der Waals surface area (Å²) in [6, 6.07) is 15.4. The lowest BCUT2D eigenvalue weighted by molar-refractivity contribution is -0.132. The van der Waals surface area contributed by atoms with Crippen molar-refractivity contribution in [3.05, 3.63) is 94.8 Å². The molecule has 1 unspecified atom stereocenters. The van der Waals surface area contributed by atoms with Gasteiger partial charge in [0.2, 0.25) is 0 Å². The summed E-state index contributed by atoms with van der Waals surface area (Å²) in [5.41, 5.74) is 2.05. The number of carbonyl (C=O) groups is 2. The Morgan fingerprint density at radius 3 is 2.44 bits per heavy atom. The van der Waals surface area contributed by atoms with E-state index >= 15 is 0 Å². The lowest BCUT2D eigenvalue weighted by Gasteiger charge is -2.25. The van der Waals surface area contributed by atoms with E-state index in [0.29, 0.717) is 29.8 Å². The highest BCUT2D eigenvalue weighted by Crippen LogP contribution is 2.43. The molecule has 32 heavy (non-hydrogen) atoms. The van der Waals surface area contributed by atoms with Crippen LogP contribution in [0.5, 0.6) is 11.5 Å². The van der Waals surface area contributed by atoms with E-state index in [4.69, 9.17) is 4.74 Å². The van der Waals surface area contributed by atoms with Gasteiger partial charge in [-0.2, -0.15) is 0 Å². The number of Topliss-reactive ketones (excluding diaryl/α,β-unsaturated/α-hetero) is 1. The van der Waals surface area contributed by atoms with Crippen LogP contribution in [0, 0.1) is 5.82 Å². The van der Waals surface area contributed by atoms with Crippen molar-refractivity contribution in [2.45, 2.75) is 12.5 Å². The summed E-state index contributed by atoms with van der Waals surface area (Å²) in [6.45, 7) is 0.544. The van der Waals surface area contributed by atoms with E-state index in [1.54, 1.807) is 30.3 Å². The molecule has 6 nitrogen and oxygen atoms in total. The molecule has 2 aliphatic rings. The van der Waals surface area contributed by atoms with Crippen LogP contribution in [-0.4, -0.2) is 28.5 Å². The third-order valence-electron chi connectivity index (χ3n) is 5.72. The fourth-order valence-electron chi connectivity index (χ4n) is 4.16. The Hall–Kier alpha value is -4.13. The van der Waals surface area contributed by atoms with Crippen molar-refractivity contribution in [2.75, 3.05) is 11.5 Å². The molecule has 1 saturated heterocycles. The maximum absolute atomic E-state index is 13.5. The first-order chi connectivity index (χ1) is 15.4. The number of aliphatic hydroxyl groups excluding tert-OH is 1. The Labute approximate surface area is 182 Å². The van der Waals surface area contributed by atoms with E-state index < -0.39 is 23.5 Å². The topological polar surface area (TPSA) is 87.1 Å². The van der Waals surface area contributed by atoms with Gasteiger partial charge in [0.1, 0.15) is 23.1 Å². The summed E-state index contributed by atoms with van der Waals surface area (Å²) in [6.07, 6.45) is 0.682. The lowest BCUT2D eigenvalue weighted by Crippen LogP contribution is -2.29. The first kappa shape index (κ1) is 19.8. The molecule has 160 valence electrons. The highest BCUT2D eigenvalue weighted by atomic mass is 19.1. The van der Waals surface area contributed by atoms with E-state index in [9.17, 15) is 24.2 Å². The summed E-state index contributed by atoms with van der Waals surface area (Å²) < 4.78 is 19.0. The molecule has 5 rings (SSSR count). The Morgan fingerprint density at radius 2 is 1.72 bits per heavy atom. The summed E-state index contributed by atoms with van der Waals surface area (Å²) in [5, 5.41) is 20.9. The van der Waals surface area contributed by atoms with Crippen LogP contribution in [0.1, 0.15) is 22.7 Å². The Morgan fingerprint density at radius 1 is 1.00 bits per heavy atom. The molecule has 0 aromatic heterocycles. The molecule has 0 radical (unpaired) electrons. The number of hydrogen-bond acceptors (Lipinski definition) is 5. The first-order valence-electron chi connectivity index (χ1n) is 10.1. The number of aliphatic hydroxyl groups is 1. The molecule has 1 amide bonds. The molecule has 1 fully saturated rings. The standard InChI is InChI=1S/C25H18FNO5/c26-17-4-6-18(7-5-17)27-22(14-1-8-19(28)9-2-14)21(24(30)25(27)31)23(29)16-3-10-20-15(13-16)11-12-32-20/h1-10,13,22,28-29H,11-12H2/b23-21-. The second-order valence-corrected chi connectivity index (χ2v) is 7.66. The molecule has 0 saturated carbocycles. The number of phenolic OH excluding ortho intramolecular Hbond substituents is 1. The van der Waals surface area contributed by atoms with Crippen molar-refractivity contribution >= 4 is 23.1 Å². The fraction of sp³-hybridized carbons (Fsp3) is 0.120. The molecule has 2 aliphatic heterocycles. The van der Waals surface area contributed by atoms with Crippen LogP contribution < -0.4 is 9.64 Å². The number of halogens is 1. The van der Waals surface area contributed by atoms with E-state index in [-0.39, 0.29) is 17.1 Å². The molecule has 1 atom stereocenters. The second-order valence-electron chi connectivity index (χ2n) is 7.66. The van der Waals surface area contributed by atoms with Crippen LogP contribution in [0.25, 0.3) is 5.76 Å². The van der Waals surface area contributed by atoms with Crippen LogP contribution >= 0.6 is 0 Å². The van der Waals surface area contributed by atoms with Gasteiger partial charge in [-0.15, -0.1) is 0 Å². The van der Waals surface area contributed by atoms with Crippen LogP contribution in [0.15, 0.2) is 72.3 Å². The summed E-state index contributed by atoms with van der Waals surface area (Å²) >= 11 is 0. The summed E-state index contributed by atoms with van der Waals surface area (Å²) in [5.74, 6) is -1.72. The molecule has 0 spiro atoms. The molecule has 0 aliphatic carbocycles. The molecule has 2 N–H and O–H groups in total. The van der Waals surface area contributed by atoms with E-state index in [2.05, 4.69) is 0 Å². The smallest absolute Gasteiger partial charge is 0.300 e. The van der Waals surface area contributed by atoms with Crippen LogP contribution in [0.2, 0.25) is 0 Å². The van der Waals surface area contributed by atoms with Gasteiger partial charge in [-0.25, -0.2) is 4.39 Å². The zero-order valence-corrected chi connectivity index (χ0v) is 16.8. The average Bonchev–Trinajstić information content (AvgIpc) is 3.37. The van der Waals surface area contributed by atoms with Gasteiger partial charge in [-0.1, -0.05) is 12.1 Å². The minimum absolute atomic E-state index is 0.0195. The Bertz CT molecular complexity index is 1260. The van der Waals surface area contributed by atoms with E-state index in [1.165, 1.54) is 41.3 Å². The van der Waals surface area contributed by atoms with Crippen molar-refractivity contribution in [2.24, 2.45) is 0 Å². The number of amides is 1. The number of ether oxygens (including phenoxy) is 1. The highest BCUT2D eigenvalue weighted by molar-refractivity contribution is 6.51. The number of rotatable bonds is 3. The Balaban J connectivity index is 1.70. The van der Waals surface area contributed by atoms with Gasteiger partial charge in [0.25, 0.3) is 11.7 Å². The fourth-order valence-corrected chi connectivity index (χ4v) is 4.16. The van der Waals surface area contributed by atoms with Gasteiger partial charge in [0.15, 0.2) is 0 Å². The molecule has 3 aromatic rings. The van der Waals surface area contributed by atoms with Crippen LogP contribution in [-0.2, 0) is 16.0 Å². The second kappa shape index (κ2) is 7.53. The quantitative estimate of drug-likeness (QED) is 0.371. The van der Waals surface area contributed by atoms with Crippen molar-refractivity contribution in [1.29, 1.82) is 0 Å². The van der Waals surface area contributed by atoms with E-state index in [0.717, 1.165) is 11.3 Å². The number of ketones is 1. The van der Waals surface area contributed by atoms with Crippen molar-refractivity contribution < 1.29 is 28.9 Å². The maximum Gasteiger partial charge on any atom is 0.300 e. The van der Waals surface area contributed by atoms with Gasteiger partial charge >= 0.3 is 0 Å². The van der Waals surface area contributed by atoms with Gasteiger partial charge in [0, 0.05) is 17.7 Å². The lowest BCUT2D eigenvalue weighted by atomic mass is 9.94. The predicted octanol–water partition coefficient (Wildman–Crippen LogP) is 4.09. The number of anilines is 1. The minimum Gasteiger partial charge on any atom is -0.508 e. The van der Waals surface area contributed by atoms with Crippen LogP contribution in [0.3, 0.4) is 0 Å². The third kappa shape index (κ3) is 3.19. The van der Waals surface area contributed by atoms with Crippen molar-refractivity contribution in [3.63, 3.8) is 0 Å². The monoisotopic (exact) mass is 431 g/mol. The zero-order chi connectivity index (χ0) is 22.4. The van der Waals surface area contributed by atoms with Crippen LogP contribution in [0.4, 0.5) is 10.1 Å². The molecular weight excluding hydrogens is 413 g/mol. The number of phenols is 1. The number of carbonyl (C=O) groups excluding carboxylic acids is 2. The molecule has 3 aromatic carbocycles. The first-order valence-corrected chi connectivity index (χ1v) is 10.1. The van der Waals surface area contributed by atoms with Gasteiger partial charge in [0.05, 0.1) is 18.2 Å². The molecule has 7 heteroatoms. The Kier molecular flexibility index (Phi) is 4.66. The third-order valence-corrected chi connectivity index (χ3v) is 5.72. The van der Waals surface area contributed by atoms with Crippen molar-refractivity contribution in [3.8, 4) is 11.5 Å². The molecule has 2 heterocycles. The summed E-state index contributed by atoms with van der Waals surface area (Å²) in [7, 11) is 0. The maximum atomic E-state index is 13.5. The largest absolute Gasteiger partial charge is 0.508 e. The number of fused-ring (bicyclic) bond motifs is 1. The number of hydrogen-bond donors (Lipinski definition) is 2. The number of benzene rings is 3. The van der Waals surface area contributed by atoms with Gasteiger partial charge < -0.3 is 14.9 Å². The average molecular weight is 431 g/mol. The number of nitrogens with zero attached hydrogens (tertiary/aromatic N) is 1. The molecule has 0 bridgehead atoms. The SMILES string of the molecule is O=C1C(=O)N(c2ccc(F)cc2)C(c2ccc(O)cc2)/C1=C(/O)c1ccc2c(c1)CCO2. The van der Waals surface area contributed by atoms with E-state index in [1.807, 2.05) is 0 Å². The highest BCUT2D eigenvalue weighted by Gasteiger charge is 2.47. The predicted molar refractivity (Wildman–Crippen MR) is 115 cm³/mol. The zero-order valence-electron chi connectivity index (χ0n) is 16.8. The summed E-state index contributed by atoms with van der Waals surface area (Å²) in [4.78, 5) is 27.4. The van der Waals surface area contributed by atoms with Crippen molar-refractivity contribution in [1.82, 2.24) is 0 Å². The number of aromatic hydroxyl groups is 1. The van der Waals surface area contributed by atoms with Gasteiger partial charge in [-0.05, 0) is 65.7 Å².